The quantitative estimate of drug-likeness (QED) is 0.877. The fraction of sp³-hybridized carbons (Fsp3) is 0.750. The van der Waals surface area contributed by atoms with Crippen molar-refractivity contribution in [2.45, 2.75) is 39.3 Å². The summed E-state index contributed by atoms with van der Waals surface area (Å²) in [5, 5.41) is 1.16. The molecule has 16 heavy (non-hydrogen) atoms. The maximum absolute atomic E-state index is 5.89. The van der Waals surface area contributed by atoms with Crippen LogP contribution in [-0.2, 0) is 6.54 Å². The number of aromatic nitrogens is 1. The number of likely N-dealkylation sites (tertiary alicyclic amines) is 1. The minimum atomic E-state index is 0.552. The molecule has 0 radical (unpaired) electrons. The van der Waals surface area contributed by atoms with Crippen LogP contribution in [0.1, 0.15) is 29.7 Å². The number of hydrogen-bond acceptors (Lipinski definition) is 4. The Morgan fingerprint density at radius 2 is 2.44 bits per heavy atom. The first-order valence-corrected chi connectivity index (χ1v) is 6.87. The first kappa shape index (κ1) is 12.0. The highest BCUT2D eigenvalue weighted by atomic mass is 32.1. The largest absolute Gasteiger partial charge is 0.329 e. The molecule has 0 saturated carbocycles. The number of piperidine rings is 1. The van der Waals surface area contributed by atoms with Gasteiger partial charge >= 0.3 is 0 Å². The topological polar surface area (TPSA) is 42.2 Å². The van der Waals surface area contributed by atoms with Crippen LogP contribution in [-0.4, -0.2) is 29.0 Å². The maximum Gasteiger partial charge on any atom is 0.0897 e. The van der Waals surface area contributed by atoms with E-state index >= 15 is 0 Å². The van der Waals surface area contributed by atoms with Crippen LogP contribution >= 0.6 is 11.3 Å². The molecule has 1 aromatic heterocycles. The second-order valence-corrected chi connectivity index (χ2v) is 6.06. The Balaban J connectivity index is 2.02. The molecule has 1 aromatic rings. The standard InChI is InChI=1S/C12H21N3S/c1-9-4-3-5-15(12(9)6-13)8-11-7-14-10(2)16-11/h7,9,12H,3-6,8,13H2,1-2H3. The zero-order valence-corrected chi connectivity index (χ0v) is 11.0. The number of rotatable bonds is 3. The van der Waals surface area contributed by atoms with Crippen molar-refractivity contribution in [3.8, 4) is 0 Å². The van der Waals surface area contributed by atoms with E-state index in [0.29, 0.717) is 6.04 Å². The van der Waals surface area contributed by atoms with Crippen molar-refractivity contribution in [2.75, 3.05) is 13.1 Å². The van der Waals surface area contributed by atoms with Gasteiger partial charge in [-0.05, 0) is 32.2 Å². The van der Waals surface area contributed by atoms with Gasteiger partial charge in [-0.25, -0.2) is 4.98 Å². The zero-order valence-electron chi connectivity index (χ0n) is 10.1. The van der Waals surface area contributed by atoms with Gasteiger partial charge in [-0.15, -0.1) is 11.3 Å². The summed E-state index contributed by atoms with van der Waals surface area (Å²) in [6.45, 7) is 7.37. The Morgan fingerprint density at radius 1 is 1.62 bits per heavy atom. The van der Waals surface area contributed by atoms with Gasteiger partial charge in [0.2, 0.25) is 0 Å². The third-order valence-electron chi connectivity index (χ3n) is 3.50. The van der Waals surface area contributed by atoms with Crippen molar-refractivity contribution < 1.29 is 0 Å². The van der Waals surface area contributed by atoms with Gasteiger partial charge in [-0.2, -0.15) is 0 Å². The summed E-state index contributed by atoms with van der Waals surface area (Å²) < 4.78 is 0. The smallest absolute Gasteiger partial charge is 0.0897 e. The highest BCUT2D eigenvalue weighted by Crippen LogP contribution is 2.25. The van der Waals surface area contributed by atoms with Gasteiger partial charge in [0.15, 0.2) is 0 Å². The zero-order chi connectivity index (χ0) is 11.5. The van der Waals surface area contributed by atoms with Crippen molar-refractivity contribution in [1.82, 2.24) is 9.88 Å². The minimum Gasteiger partial charge on any atom is -0.329 e. The van der Waals surface area contributed by atoms with Gasteiger partial charge in [0.25, 0.3) is 0 Å². The molecular weight excluding hydrogens is 218 g/mol. The van der Waals surface area contributed by atoms with E-state index in [0.717, 1.165) is 24.0 Å². The van der Waals surface area contributed by atoms with Crippen LogP contribution in [0.3, 0.4) is 0 Å². The predicted octanol–water partition coefficient (Wildman–Crippen LogP) is 2.01. The highest BCUT2D eigenvalue weighted by molar-refractivity contribution is 7.11. The van der Waals surface area contributed by atoms with E-state index in [2.05, 4.69) is 23.7 Å². The Labute approximate surface area is 102 Å². The number of nitrogens with two attached hydrogens (primary N) is 1. The van der Waals surface area contributed by atoms with Crippen molar-refractivity contribution in [3.63, 3.8) is 0 Å². The molecule has 1 saturated heterocycles. The molecule has 0 aliphatic carbocycles. The molecule has 90 valence electrons. The van der Waals surface area contributed by atoms with E-state index in [1.165, 1.54) is 24.3 Å². The Morgan fingerprint density at radius 3 is 3.06 bits per heavy atom. The number of hydrogen-bond donors (Lipinski definition) is 1. The Bertz CT molecular complexity index is 337. The summed E-state index contributed by atoms with van der Waals surface area (Å²) in [4.78, 5) is 8.21. The van der Waals surface area contributed by atoms with Gasteiger partial charge in [0.05, 0.1) is 5.01 Å². The molecule has 0 bridgehead atoms. The summed E-state index contributed by atoms with van der Waals surface area (Å²) in [6, 6.07) is 0.552. The van der Waals surface area contributed by atoms with Gasteiger partial charge in [-0.1, -0.05) is 6.92 Å². The van der Waals surface area contributed by atoms with Gasteiger partial charge in [0.1, 0.15) is 0 Å². The molecule has 1 aliphatic heterocycles. The lowest BCUT2D eigenvalue weighted by Crippen LogP contribution is -2.47. The molecule has 0 spiro atoms. The summed E-state index contributed by atoms with van der Waals surface area (Å²) in [6.07, 6.45) is 4.63. The van der Waals surface area contributed by atoms with Crippen LogP contribution in [0, 0.1) is 12.8 Å². The molecule has 2 rings (SSSR count). The first-order chi connectivity index (χ1) is 7.70. The van der Waals surface area contributed by atoms with Crippen LogP contribution in [0.2, 0.25) is 0 Å². The lowest BCUT2D eigenvalue weighted by atomic mass is 9.91. The highest BCUT2D eigenvalue weighted by Gasteiger charge is 2.27. The lowest BCUT2D eigenvalue weighted by Gasteiger charge is -2.39. The average Bonchev–Trinajstić information content (AvgIpc) is 2.64. The third kappa shape index (κ3) is 2.62. The fourth-order valence-corrected chi connectivity index (χ4v) is 3.41. The fourth-order valence-electron chi connectivity index (χ4n) is 2.59. The number of aryl methyl sites for hydroxylation is 1. The Kier molecular flexibility index (Phi) is 3.95. The molecule has 2 unspecified atom stereocenters. The molecule has 4 heteroatoms. The minimum absolute atomic E-state index is 0.552. The summed E-state index contributed by atoms with van der Waals surface area (Å²) in [5.41, 5.74) is 5.89. The van der Waals surface area contributed by atoms with E-state index in [4.69, 9.17) is 5.73 Å². The number of nitrogens with zero attached hydrogens (tertiary/aromatic N) is 2. The maximum atomic E-state index is 5.89. The Hall–Kier alpha value is -0.450. The lowest BCUT2D eigenvalue weighted by molar-refractivity contribution is 0.100. The number of thiazole rings is 1. The molecule has 0 aromatic carbocycles. The van der Waals surface area contributed by atoms with Crippen LogP contribution in [0.25, 0.3) is 0 Å². The molecule has 2 atom stereocenters. The molecule has 3 nitrogen and oxygen atoms in total. The second kappa shape index (κ2) is 5.25. The first-order valence-electron chi connectivity index (χ1n) is 6.06. The van der Waals surface area contributed by atoms with Crippen LogP contribution < -0.4 is 5.73 Å². The van der Waals surface area contributed by atoms with Crippen LogP contribution in [0.5, 0.6) is 0 Å². The van der Waals surface area contributed by atoms with Gasteiger partial charge in [0, 0.05) is 30.2 Å². The van der Waals surface area contributed by atoms with Gasteiger partial charge in [-0.3, -0.25) is 4.90 Å². The van der Waals surface area contributed by atoms with Crippen molar-refractivity contribution >= 4 is 11.3 Å². The van der Waals surface area contributed by atoms with Gasteiger partial charge < -0.3 is 5.73 Å². The molecule has 2 N–H and O–H groups in total. The van der Waals surface area contributed by atoms with E-state index in [1.54, 1.807) is 11.3 Å². The van der Waals surface area contributed by atoms with E-state index < -0.39 is 0 Å². The van der Waals surface area contributed by atoms with Crippen LogP contribution in [0.4, 0.5) is 0 Å². The molecule has 1 fully saturated rings. The average molecular weight is 239 g/mol. The normalized spacial score (nSPS) is 27.2. The molecular formula is C12H21N3S. The van der Waals surface area contributed by atoms with Crippen molar-refractivity contribution in [2.24, 2.45) is 11.7 Å². The molecule has 2 heterocycles. The van der Waals surface area contributed by atoms with E-state index in [9.17, 15) is 0 Å². The summed E-state index contributed by atoms with van der Waals surface area (Å²) >= 11 is 1.80. The molecule has 1 aliphatic rings. The summed E-state index contributed by atoms with van der Waals surface area (Å²) in [5.74, 6) is 0.729. The van der Waals surface area contributed by atoms with E-state index in [-0.39, 0.29) is 0 Å². The van der Waals surface area contributed by atoms with Crippen molar-refractivity contribution in [1.29, 1.82) is 0 Å². The van der Waals surface area contributed by atoms with Crippen LogP contribution in [0.15, 0.2) is 6.20 Å². The molecule has 0 amide bonds. The van der Waals surface area contributed by atoms with Crippen molar-refractivity contribution in [3.05, 3.63) is 16.1 Å². The van der Waals surface area contributed by atoms with E-state index in [1.807, 2.05) is 6.20 Å². The SMILES string of the molecule is Cc1ncc(CN2CCCC(C)C2CN)s1. The second-order valence-electron chi connectivity index (χ2n) is 4.74. The third-order valence-corrected chi connectivity index (χ3v) is 4.40. The monoisotopic (exact) mass is 239 g/mol. The summed E-state index contributed by atoms with van der Waals surface area (Å²) in [7, 11) is 0. The predicted molar refractivity (Wildman–Crippen MR) is 68.5 cm³/mol.